The lowest BCUT2D eigenvalue weighted by Crippen LogP contribution is -2.30. The normalized spacial score (nSPS) is 14.6. The number of pyridine rings is 1. The highest BCUT2D eigenvalue weighted by Crippen LogP contribution is 2.46. The number of carbonyl (C=O) groups excluding carboxylic acids is 2. The van der Waals surface area contributed by atoms with Gasteiger partial charge in [0.15, 0.2) is 0 Å². The number of nitrogens with zero attached hydrogens (tertiary/aromatic N) is 2. The minimum Gasteiger partial charge on any atom is -0.507 e. The molecule has 2 aromatic heterocycles. The van der Waals surface area contributed by atoms with Crippen molar-refractivity contribution in [3.05, 3.63) is 89.2 Å². The van der Waals surface area contributed by atoms with E-state index in [1.165, 1.54) is 0 Å². The van der Waals surface area contributed by atoms with Crippen LogP contribution in [0, 0.1) is 6.92 Å². The zero-order valence-electron chi connectivity index (χ0n) is 27.2. The summed E-state index contributed by atoms with van der Waals surface area (Å²) in [5, 5.41) is 16.1. The van der Waals surface area contributed by atoms with Crippen LogP contribution in [-0.2, 0) is 4.74 Å². The molecule has 0 saturated heterocycles. The Balaban J connectivity index is 1.17. The molecule has 2 amide bonds. The minimum atomic E-state index is -0.423. The second kappa shape index (κ2) is 12.9. The molecule has 0 unspecified atom stereocenters. The van der Waals surface area contributed by atoms with E-state index in [1.54, 1.807) is 53.6 Å². The summed E-state index contributed by atoms with van der Waals surface area (Å²) in [5.41, 5.74) is 3.70. The Kier molecular flexibility index (Phi) is 8.87. The van der Waals surface area contributed by atoms with E-state index in [-0.39, 0.29) is 29.6 Å². The Hall–Kier alpha value is -4.60. The summed E-state index contributed by atoms with van der Waals surface area (Å²) < 4.78 is 11.8. The zero-order chi connectivity index (χ0) is 33.5. The molecule has 9 nitrogen and oxygen atoms in total. The molecular formula is C37H39ClN4O5. The fourth-order valence-electron chi connectivity index (χ4n) is 6.15. The summed E-state index contributed by atoms with van der Waals surface area (Å²) in [6.45, 7) is 11.0. The van der Waals surface area contributed by atoms with Crippen molar-refractivity contribution in [3.63, 3.8) is 0 Å². The van der Waals surface area contributed by atoms with Gasteiger partial charge in [-0.3, -0.25) is 9.59 Å². The molecule has 1 atom stereocenters. The zero-order valence-corrected chi connectivity index (χ0v) is 27.9. The van der Waals surface area contributed by atoms with Gasteiger partial charge in [-0.25, -0.2) is 4.98 Å². The van der Waals surface area contributed by atoms with E-state index in [0.29, 0.717) is 53.1 Å². The molecule has 244 valence electrons. The number of carbonyl (C=O) groups is 2. The molecule has 0 saturated carbocycles. The molecule has 3 N–H and O–H groups in total. The number of aromatic amines is 1. The van der Waals surface area contributed by atoms with E-state index >= 15 is 0 Å². The lowest BCUT2D eigenvalue weighted by atomic mass is 9.92. The van der Waals surface area contributed by atoms with Gasteiger partial charge < -0.3 is 29.8 Å². The van der Waals surface area contributed by atoms with Gasteiger partial charge in [-0.05, 0) is 87.5 Å². The van der Waals surface area contributed by atoms with Gasteiger partial charge in [0.25, 0.3) is 11.8 Å². The van der Waals surface area contributed by atoms with Gasteiger partial charge in [-0.2, -0.15) is 0 Å². The number of rotatable bonds is 10. The van der Waals surface area contributed by atoms with Gasteiger partial charge in [-0.15, -0.1) is 11.6 Å². The van der Waals surface area contributed by atoms with E-state index in [4.69, 9.17) is 21.1 Å². The molecule has 0 aliphatic carbocycles. The largest absolute Gasteiger partial charge is 0.507 e. The van der Waals surface area contributed by atoms with Crippen LogP contribution >= 0.6 is 11.6 Å². The number of fused-ring (bicyclic) bond motifs is 4. The SMILES string of the molecule is Cc1cccc2c(O)cc3c(c12)[C@H](CCl)CN3C(=O)c1cc2cc(NC(=O)c3ccc(OC(C)(C)CCOC(C)C)cc3)ncc2[nH]1. The van der Waals surface area contributed by atoms with Gasteiger partial charge in [-0.1, -0.05) is 18.2 Å². The molecule has 1 aliphatic heterocycles. The number of amides is 2. The van der Waals surface area contributed by atoms with E-state index in [0.717, 1.165) is 33.7 Å². The van der Waals surface area contributed by atoms with Crippen molar-refractivity contribution in [1.29, 1.82) is 0 Å². The summed E-state index contributed by atoms with van der Waals surface area (Å²) >= 11 is 6.41. The molecule has 47 heavy (non-hydrogen) atoms. The molecule has 0 spiro atoms. The number of aryl methyl sites for hydroxylation is 1. The maximum Gasteiger partial charge on any atom is 0.274 e. The molecule has 6 rings (SSSR count). The Bertz CT molecular complexity index is 1970. The van der Waals surface area contributed by atoms with Crippen LogP contribution in [0.4, 0.5) is 11.5 Å². The monoisotopic (exact) mass is 654 g/mol. The summed E-state index contributed by atoms with van der Waals surface area (Å²) in [6.07, 6.45) is 2.49. The standard InChI is InChI=1S/C37H39ClN4O5/c1-21(2)46-14-13-37(4,5)47-26-11-9-23(10-12-26)35(44)41-32-16-24-15-28(40-29(24)19-39-32)36(45)42-20-25(18-38)34-30(42)17-31(43)27-8-6-7-22(3)33(27)34/h6-12,15-17,19,21,25,40,43H,13-14,18,20H2,1-5H3,(H,39,41,44)/t25-/m1/s1. The molecule has 1 aliphatic rings. The molecule has 10 heteroatoms. The van der Waals surface area contributed by atoms with Crippen molar-refractivity contribution < 1.29 is 24.2 Å². The Morgan fingerprint density at radius 3 is 2.64 bits per heavy atom. The van der Waals surface area contributed by atoms with Crippen molar-refractivity contribution in [2.24, 2.45) is 0 Å². The quantitative estimate of drug-likeness (QED) is 0.132. The van der Waals surface area contributed by atoms with Crippen LogP contribution in [-0.4, -0.2) is 57.6 Å². The number of aromatic hydroxyl groups is 1. The van der Waals surface area contributed by atoms with Gasteiger partial charge in [0.1, 0.15) is 28.6 Å². The van der Waals surface area contributed by atoms with Crippen LogP contribution in [0.2, 0.25) is 0 Å². The maximum absolute atomic E-state index is 13.9. The van der Waals surface area contributed by atoms with Crippen LogP contribution in [0.5, 0.6) is 11.5 Å². The number of anilines is 2. The van der Waals surface area contributed by atoms with E-state index in [1.807, 2.05) is 52.8 Å². The number of alkyl halides is 1. The lowest BCUT2D eigenvalue weighted by molar-refractivity contribution is 0.0231. The van der Waals surface area contributed by atoms with Gasteiger partial charge in [0, 0.05) is 47.2 Å². The molecule has 0 bridgehead atoms. The maximum atomic E-state index is 13.9. The Morgan fingerprint density at radius 1 is 1.15 bits per heavy atom. The van der Waals surface area contributed by atoms with E-state index in [9.17, 15) is 14.7 Å². The number of hydrogen-bond donors (Lipinski definition) is 3. The fourth-order valence-corrected chi connectivity index (χ4v) is 6.40. The number of H-pyrrole nitrogens is 1. The van der Waals surface area contributed by atoms with Crippen LogP contribution in [0.15, 0.2) is 66.9 Å². The van der Waals surface area contributed by atoms with Crippen LogP contribution in [0.25, 0.3) is 21.7 Å². The number of nitrogens with one attached hydrogen (secondary N) is 2. The predicted octanol–water partition coefficient (Wildman–Crippen LogP) is 7.94. The third kappa shape index (κ3) is 6.64. The van der Waals surface area contributed by atoms with Crippen molar-refractivity contribution >= 4 is 56.6 Å². The van der Waals surface area contributed by atoms with Crippen LogP contribution < -0.4 is 15.0 Å². The average Bonchev–Trinajstić information content (AvgIpc) is 3.62. The minimum absolute atomic E-state index is 0.0795. The molecular weight excluding hydrogens is 616 g/mol. The number of phenolic OH excluding ortho intramolecular Hbond substituents is 1. The molecule has 0 radical (unpaired) electrons. The Morgan fingerprint density at radius 2 is 1.91 bits per heavy atom. The number of halogens is 1. The summed E-state index contributed by atoms with van der Waals surface area (Å²) in [5.74, 6) is 0.837. The average molecular weight is 655 g/mol. The molecule has 3 heterocycles. The summed E-state index contributed by atoms with van der Waals surface area (Å²) in [4.78, 5) is 36.2. The first-order valence-electron chi connectivity index (χ1n) is 15.8. The number of aromatic nitrogens is 2. The summed E-state index contributed by atoms with van der Waals surface area (Å²) in [6, 6.07) is 17.9. The number of ether oxygens (including phenoxy) is 2. The van der Waals surface area contributed by atoms with Crippen molar-refractivity contribution in [2.75, 3.05) is 29.2 Å². The summed E-state index contributed by atoms with van der Waals surface area (Å²) in [7, 11) is 0. The molecule has 3 aromatic carbocycles. The van der Waals surface area contributed by atoms with Crippen molar-refractivity contribution in [1.82, 2.24) is 9.97 Å². The first-order chi connectivity index (χ1) is 22.4. The van der Waals surface area contributed by atoms with Crippen molar-refractivity contribution in [3.8, 4) is 11.5 Å². The van der Waals surface area contributed by atoms with E-state index in [2.05, 4.69) is 15.3 Å². The third-order valence-corrected chi connectivity index (χ3v) is 8.92. The highest BCUT2D eigenvalue weighted by Gasteiger charge is 2.36. The number of hydrogen-bond acceptors (Lipinski definition) is 6. The van der Waals surface area contributed by atoms with Crippen LogP contribution in [0.1, 0.15) is 72.0 Å². The first-order valence-corrected chi connectivity index (χ1v) is 16.3. The highest BCUT2D eigenvalue weighted by molar-refractivity contribution is 6.19. The third-order valence-electron chi connectivity index (χ3n) is 8.54. The van der Waals surface area contributed by atoms with Gasteiger partial charge in [0.2, 0.25) is 0 Å². The topological polar surface area (TPSA) is 117 Å². The first kappa shape index (κ1) is 32.3. The number of phenols is 1. The Labute approximate surface area is 278 Å². The highest BCUT2D eigenvalue weighted by atomic mass is 35.5. The fraction of sp³-hybridized carbons (Fsp3) is 0.324. The smallest absolute Gasteiger partial charge is 0.274 e. The van der Waals surface area contributed by atoms with Gasteiger partial charge >= 0.3 is 0 Å². The molecule has 0 fully saturated rings. The lowest BCUT2D eigenvalue weighted by Gasteiger charge is -2.27. The second-order valence-electron chi connectivity index (χ2n) is 12.9. The van der Waals surface area contributed by atoms with Crippen molar-refractivity contribution in [2.45, 2.75) is 58.7 Å². The van der Waals surface area contributed by atoms with E-state index < -0.39 is 5.60 Å². The second-order valence-corrected chi connectivity index (χ2v) is 13.3. The van der Waals surface area contributed by atoms with Crippen LogP contribution in [0.3, 0.4) is 0 Å². The predicted molar refractivity (Wildman–Crippen MR) is 186 cm³/mol. The molecule has 5 aromatic rings. The number of benzene rings is 3. The van der Waals surface area contributed by atoms with Gasteiger partial charge in [0.05, 0.1) is 30.1 Å².